The number of aromatic nitrogens is 1. The molecule has 10 heteroatoms. The first-order valence-electron chi connectivity index (χ1n) is 8.33. The predicted octanol–water partition coefficient (Wildman–Crippen LogP) is 4.10. The Labute approximate surface area is 170 Å². The quantitative estimate of drug-likeness (QED) is 0.454. The average molecular weight is 418 g/mol. The van der Waals surface area contributed by atoms with Gasteiger partial charge in [0.2, 0.25) is 5.91 Å². The van der Waals surface area contributed by atoms with E-state index in [-0.39, 0.29) is 22.8 Å². The van der Waals surface area contributed by atoms with Gasteiger partial charge in [0.05, 0.1) is 31.3 Å². The van der Waals surface area contributed by atoms with Crippen LogP contribution < -0.4 is 14.8 Å². The average Bonchev–Trinajstić information content (AvgIpc) is 3.16. The zero-order chi connectivity index (χ0) is 21.0. The standard InChI is InChI=1S/C19H16ClN3O6/c1-27-16-6-3-11(7-18(16)28-2)17-9-13(22-29-17)10-19(24)21-12-4-5-14(20)15(8-12)23(25)26/h3-9H,10H2,1-2H3,(H,21,24). The predicted molar refractivity (Wildman–Crippen MR) is 105 cm³/mol. The van der Waals surface area contributed by atoms with Crippen molar-refractivity contribution in [2.75, 3.05) is 19.5 Å². The first-order chi connectivity index (χ1) is 13.9. The van der Waals surface area contributed by atoms with Gasteiger partial charge in [0, 0.05) is 23.4 Å². The second kappa shape index (κ2) is 8.61. The Kier molecular flexibility index (Phi) is 5.99. The third kappa shape index (κ3) is 4.64. The number of hydrogen-bond acceptors (Lipinski definition) is 7. The number of amides is 1. The smallest absolute Gasteiger partial charge is 0.289 e. The van der Waals surface area contributed by atoms with Crippen LogP contribution in [0.4, 0.5) is 11.4 Å². The number of hydrogen-bond donors (Lipinski definition) is 1. The van der Waals surface area contributed by atoms with E-state index >= 15 is 0 Å². The van der Waals surface area contributed by atoms with Crippen molar-refractivity contribution in [3.05, 3.63) is 63.3 Å². The topological polar surface area (TPSA) is 117 Å². The second-order valence-corrected chi connectivity index (χ2v) is 6.31. The van der Waals surface area contributed by atoms with Gasteiger partial charge in [0.15, 0.2) is 17.3 Å². The molecule has 0 fully saturated rings. The summed E-state index contributed by atoms with van der Waals surface area (Å²) in [5, 5.41) is 17.4. The second-order valence-electron chi connectivity index (χ2n) is 5.90. The lowest BCUT2D eigenvalue weighted by Gasteiger charge is -2.07. The van der Waals surface area contributed by atoms with E-state index in [4.69, 9.17) is 25.6 Å². The molecule has 29 heavy (non-hydrogen) atoms. The maximum atomic E-state index is 12.2. The molecule has 0 bridgehead atoms. The van der Waals surface area contributed by atoms with Gasteiger partial charge in [-0.05, 0) is 30.3 Å². The Morgan fingerprint density at radius 2 is 1.93 bits per heavy atom. The van der Waals surface area contributed by atoms with E-state index in [0.29, 0.717) is 28.5 Å². The highest BCUT2D eigenvalue weighted by Crippen LogP contribution is 2.32. The highest BCUT2D eigenvalue weighted by atomic mass is 35.5. The molecular formula is C19H16ClN3O6. The molecule has 0 saturated heterocycles. The first kappa shape index (κ1) is 20.2. The van der Waals surface area contributed by atoms with Gasteiger partial charge in [-0.25, -0.2) is 0 Å². The monoisotopic (exact) mass is 417 g/mol. The Balaban J connectivity index is 1.71. The number of nitrogens with one attached hydrogen (secondary N) is 1. The maximum Gasteiger partial charge on any atom is 0.289 e. The fraction of sp³-hybridized carbons (Fsp3) is 0.158. The lowest BCUT2D eigenvalue weighted by molar-refractivity contribution is -0.384. The van der Waals surface area contributed by atoms with Crippen LogP contribution in [0.1, 0.15) is 5.69 Å². The summed E-state index contributed by atoms with van der Waals surface area (Å²) in [6.07, 6.45) is -0.0762. The number of nitro groups is 1. The summed E-state index contributed by atoms with van der Waals surface area (Å²) in [5.74, 6) is 1.15. The van der Waals surface area contributed by atoms with Gasteiger partial charge >= 0.3 is 0 Å². The summed E-state index contributed by atoms with van der Waals surface area (Å²) in [4.78, 5) is 22.6. The van der Waals surface area contributed by atoms with Crippen LogP contribution >= 0.6 is 11.6 Å². The van der Waals surface area contributed by atoms with Crippen molar-refractivity contribution in [3.63, 3.8) is 0 Å². The van der Waals surface area contributed by atoms with Gasteiger partial charge in [0.25, 0.3) is 5.69 Å². The van der Waals surface area contributed by atoms with E-state index in [2.05, 4.69) is 10.5 Å². The summed E-state index contributed by atoms with van der Waals surface area (Å²) in [7, 11) is 3.07. The number of nitro benzene ring substituents is 1. The molecule has 1 amide bonds. The summed E-state index contributed by atoms with van der Waals surface area (Å²) >= 11 is 5.77. The summed E-state index contributed by atoms with van der Waals surface area (Å²) in [5.41, 5.74) is 1.07. The maximum absolute atomic E-state index is 12.2. The minimum Gasteiger partial charge on any atom is -0.493 e. The van der Waals surface area contributed by atoms with Crippen molar-refractivity contribution in [2.45, 2.75) is 6.42 Å². The van der Waals surface area contributed by atoms with Gasteiger partial charge in [-0.3, -0.25) is 14.9 Å². The number of rotatable bonds is 7. The molecule has 0 radical (unpaired) electrons. The molecule has 0 aliphatic rings. The van der Waals surface area contributed by atoms with Crippen LogP contribution in [0.2, 0.25) is 5.02 Å². The van der Waals surface area contributed by atoms with Crippen LogP contribution in [0.5, 0.6) is 11.5 Å². The number of anilines is 1. The van der Waals surface area contributed by atoms with Crippen LogP contribution in [-0.2, 0) is 11.2 Å². The molecule has 0 aliphatic carbocycles. The molecule has 0 unspecified atom stereocenters. The molecule has 9 nitrogen and oxygen atoms in total. The Bertz CT molecular complexity index is 1070. The van der Waals surface area contributed by atoms with Crippen molar-refractivity contribution in [1.82, 2.24) is 5.16 Å². The minimum absolute atomic E-state index is 0.0101. The Morgan fingerprint density at radius 1 is 1.17 bits per heavy atom. The molecule has 0 atom stereocenters. The van der Waals surface area contributed by atoms with Crippen LogP contribution in [-0.4, -0.2) is 30.2 Å². The number of methoxy groups -OCH3 is 2. The van der Waals surface area contributed by atoms with E-state index in [0.717, 1.165) is 0 Å². The van der Waals surface area contributed by atoms with Gasteiger partial charge in [-0.15, -0.1) is 0 Å². The van der Waals surface area contributed by atoms with Crippen molar-refractivity contribution in [2.24, 2.45) is 0 Å². The van der Waals surface area contributed by atoms with Crippen LogP contribution in [0.15, 0.2) is 47.0 Å². The van der Waals surface area contributed by atoms with Gasteiger partial charge in [-0.1, -0.05) is 16.8 Å². The van der Waals surface area contributed by atoms with Gasteiger partial charge < -0.3 is 19.3 Å². The summed E-state index contributed by atoms with van der Waals surface area (Å²) in [6, 6.07) is 10.9. The normalized spacial score (nSPS) is 10.4. The van der Waals surface area contributed by atoms with Crippen LogP contribution in [0.25, 0.3) is 11.3 Å². The van der Waals surface area contributed by atoms with E-state index in [1.54, 1.807) is 24.3 Å². The number of benzene rings is 2. The highest BCUT2D eigenvalue weighted by Gasteiger charge is 2.16. The molecule has 0 spiro atoms. The SMILES string of the molecule is COc1ccc(-c2cc(CC(=O)Nc3ccc(Cl)c([N+](=O)[O-])c3)no2)cc1OC. The molecule has 1 N–H and O–H groups in total. The zero-order valence-corrected chi connectivity index (χ0v) is 16.2. The number of ether oxygens (including phenoxy) is 2. The molecule has 0 saturated carbocycles. The van der Waals surface area contributed by atoms with Crippen molar-refractivity contribution < 1.29 is 23.7 Å². The fourth-order valence-electron chi connectivity index (χ4n) is 2.62. The molecular weight excluding hydrogens is 402 g/mol. The number of nitrogens with zero attached hydrogens (tertiary/aromatic N) is 2. The van der Waals surface area contributed by atoms with Gasteiger partial charge in [-0.2, -0.15) is 0 Å². The summed E-state index contributed by atoms with van der Waals surface area (Å²) in [6.45, 7) is 0. The van der Waals surface area contributed by atoms with Crippen LogP contribution in [0, 0.1) is 10.1 Å². The van der Waals surface area contributed by atoms with E-state index < -0.39 is 10.8 Å². The third-order valence-corrected chi connectivity index (χ3v) is 4.31. The molecule has 3 aromatic rings. The number of halogens is 1. The van der Waals surface area contributed by atoms with Crippen molar-refractivity contribution in [3.8, 4) is 22.8 Å². The number of carbonyl (C=O) groups excluding carboxylic acids is 1. The lowest BCUT2D eigenvalue weighted by atomic mass is 10.1. The molecule has 2 aromatic carbocycles. The van der Waals surface area contributed by atoms with Crippen molar-refractivity contribution in [1.29, 1.82) is 0 Å². The fourth-order valence-corrected chi connectivity index (χ4v) is 2.81. The van der Waals surface area contributed by atoms with E-state index in [1.165, 1.54) is 32.4 Å². The summed E-state index contributed by atoms with van der Waals surface area (Å²) < 4.78 is 15.8. The zero-order valence-electron chi connectivity index (χ0n) is 15.5. The molecule has 3 rings (SSSR count). The molecule has 1 aromatic heterocycles. The Hall–Kier alpha value is -3.59. The van der Waals surface area contributed by atoms with Crippen LogP contribution in [0.3, 0.4) is 0 Å². The number of carbonyl (C=O) groups is 1. The molecule has 150 valence electrons. The lowest BCUT2D eigenvalue weighted by Crippen LogP contribution is -2.14. The molecule has 0 aliphatic heterocycles. The van der Waals surface area contributed by atoms with Gasteiger partial charge in [0.1, 0.15) is 5.02 Å². The Morgan fingerprint density at radius 3 is 2.62 bits per heavy atom. The largest absolute Gasteiger partial charge is 0.493 e. The highest BCUT2D eigenvalue weighted by molar-refractivity contribution is 6.32. The van der Waals surface area contributed by atoms with E-state index in [1.807, 2.05) is 0 Å². The van der Waals surface area contributed by atoms with Crippen molar-refractivity contribution >= 4 is 28.9 Å². The minimum atomic E-state index is -0.620. The van der Waals surface area contributed by atoms with E-state index in [9.17, 15) is 14.9 Å². The first-order valence-corrected chi connectivity index (χ1v) is 8.71. The third-order valence-electron chi connectivity index (χ3n) is 4.00. The molecule has 1 heterocycles.